The van der Waals surface area contributed by atoms with Gasteiger partial charge in [-0.25, -0.2) is 8.42 Å². The fourth-order valence-electron chi connectivity index (χ4n) is 3.80. The lowest BCUT2D eigenvalue weighted by atomic mass is 10.1. The first-order valence-electron chi connectivity index (χ1n) is 13.8. The van der Waals surface area contributed by atoms with Crippen LogP contribution in [0.4, 0.5) is 0 Å². The highest BCUT2D eigenvalue weighted by molar-refractivity contribution is 7.91. The largest absolute Gasteiger partial charge is 0.330 e. The van der Waals surface area contributed by atoms with Crippen molar-refractivity contribution in [2.45, 2.75) is 109 Å². The van der Waals surface area contributed by atoms with Gasteiger partial charge in [-0.1, -0.05) is 51.9 Å². The van der Waals surface area contributed by atoms with Crippen LogP contribution in [0.3, 0.4) is 0 Å². The van der Waals surface area contributed by atoms with E-state index in [1.165, 1.54) is 51.4 Å². The Bertz CT molecular complexity index is 509. The summed E-state index contributed by atoms with van der Waals surface area (Å²) in [6.45, 7) is 9.04. The van der Waals surface area contributed by atoms with E-state index < -0.39 is 15.2 Å². The van der Waals surface area contributed by atoms with Gasteiger partial charge in [0.25, 0.3) is 0 Å². The SMILES string of the molecule is CCCCCCCCCCS(=O)(=O)C(N)CCCNCCCNCCCCNCCCCN.Cl.Cl.Cl.Cl. The van der Waals surface area contributed by atoms with Gasteiger partial charge in [0.15, 0.2) is 9.84 Å². The molecule has 0 saturated heterocycles. The summed E-state index contributed by atoms with van der Waals surface area (Å²) in [5, 5.41) is 9.63. The minimum atomic E-state index is -3.15. The molecule has 0 amide bonds. The van der Waals surface area contributed by atoms with E-state index in [-0.39, 0.29) is 55.4 Å². The van der Waals surface area contributed by atoms with Crippen molar-refractivity contribution in [2.75, 3.05) is 51.6 Å². The molecule has 0 spiro atoms. The van der Waals surface area contributed by atoms with E-state index in [9.17, 15) is 8.42 Å². The summed E-state index contributed by atoms with van der Waals surface area (Å²) in [7, 11) is -3.15. The topological polar surface area (TPSA) is 122 Å². The van der Waals surface area contributed by atoms with Crippen LogP contribution in [0, 0.1) is 0 Å². The van der Waals surface area contributed by atoms with E-state index in [4.69, 9.17) is 11.5 Å². The smallest absolute Gasteiger partial charge is 0.165 e. The summed E-state index contributed by atoms with van der Waals surface area (Å²) in [6.07, 6.45) is 16.4. The molecule has 1 unspecified atom stereocenters. The van der Waals surface area contributed by atoms with Crippen LogP contribution in [0.1, 0.15) is 103 Å². The molecule has 0 aromatic rings. The number of rotatable bonds is 27. The maximum Gasteiger partial charge on any atom is 0.165 e. The maximum atomic E-state index is 12.3. The second kappa shape index (κ2) is 36.9. The number of halogens is 4. The highest BCUT2D eigenvalue weighted by atomic mass is 35.5. The fraction of sp³-hybridized carbons (Fsp3) is 1.00. The van der Waals surface area contributed by atoms with Crippen LogP contribution >= 0.6 is 49.6 Å². The number of sulfone groups is 1. The molecular formula is C25H61Cl4N5O2S. The van der Waals surface area contributed by atoms with Crippen molar-refractivity contribution in [3.63, 3.8) is 0 Å². The Morgan fingerprint density at radius 3 is 1.46 bits per heavy atom. The van der Waals surface area contributed by atoms with Gasteiger partial charge in [0.05, 0.1) is 5.75 Å². The third-order valence-corrected chi connectivity index (χ3v) is 8.07. The first kappa shape index (κ1) is 47.7. The summed E-state index contributed by atoms with van der Waals surface area (Å²) in [4.78, 5) is 0. The standard InChI is InChI=1S/C25H57N5O2S.4ClH/c1-2-3-4-5-6-7-8-13-24-33(31,32)25(27)16-14-21-30-23-15-22-29-20-12-11-19-28-18-10-9-17-26;;;;/h25,28-30H,2-24,26-27H2,1H3;4*1H. The van der Waals surface area contributed by atoms with Crippen LogP contribution in [0.25, 0.3) is 0 Å². The van der Waals surface area contributed by atoms with Crippen LogP contribution in [0.5, 0.6) is 0 Å². The number of hydrogen-bond donors (Lipinski definition) is 5. The molecule has 232 valence electrons. The van der Waals surface area contributed by atoms with Crippen LogP contribution in [0.2, 0.25) is 0 Å². The lowest BCUT2D eigenvalue weighted by Gasteiger charge is -2.13. The minimum Gasteiger partial charge on any atom is -0.330 e. The third-order valence-electron chi connectivity index (χ3n) is 6.06. The Hall–Kier alpha value is 0.910. The Morgan fingerprint density at radius 2 is 0.973 bits per heavy atom. The van der Waals surface area contributed by atoms with Gasteiger partial charge in [-0.05, 0) is 97.2 Å². The Morgan fingerprint density at radius 1 is 0.568 bits per heavy atom. The summed E-state index contributed by atoms with van der Waals surface area (Å²) in [6, 6.07) is 0. The molecule has 0 heterocycles. The van der Waals surface area contributed by atoms with Crippen molar-refractivity contribution in [3.05, 3.63) is 0 Å². The summed E-state index contributed by atoms with van der Waals surface area (Å²) in [5.74, 6) is 0.243. The van der Waals surface area contributed by atoms with Crippen molar-refractivity contribution >= 4 is 59.5 Å². The number of nitrogens with two attached hydrogens (primary N) is 2. The van der Waals surface area contributed by atoms with Crippen LogP contribution in [-0.2, 0) is 9.84 Å². The molecule has 0 aliphatic rings. The molecule has 0 aliphatic heterocycles. The normalized spacial score (nSPS) is 11.5. The molecule has 12 heteroatoms. The predicted octanol–water partition coefficient (Wildman–Crippen LogP) is 4.97. The molecule has 7 N–H and O–H groups in total. The molecule has 0 bridgehead atoms. The highest BCUT2D eigenvalue weighted by Crippen LogP contribution is 2.11. The zero-order valence-electron chi connectivity index (χ0n) is 23.4. The van der Waals surface area contributed by atoms with Gasteiger partial charge >= 0.3 is 0 Å². The molecule has 0 aliphatic carbocycles. The highest BCUT2D eigenvalue weighted by Gasteiger charge is 2.20. The van der Waals surface area contributed by atoms with Crippen molar-refractivity contribution in [1.29, 1.82) is 0 Å². The lowest BCUT2D eigenvalue weighted by Crippen LogP contribution is -2.33. The van der Waals surface area contributed by atoms with E-state index in [0.29, 0.717) is 6.42 Å². The molecule has 0 rings (SSSR count). The molecule has 0 radical (unpaired) electrons. The molecule has 7 nitrogen and oxygen atoms in total. The molecule has 37 heavy (non-hydrogen) atoms. The number of nitrogens with one attached hydrogen (secondary N) is 3. The predicted molar refractivity (Wildman–Crippen MR) is 173 cm³/mol. The first-order valence-corrected chi connectivity index (χ1v) is 15.6. The van der Waals surface area contributed by atoms with Crippen molar-refractivity contribution < 1.29 is 8.42 Å². The third kappa shape index (κ3) is 34.9. The minimum absolute atomic E-state index is 0. The van der Waals surface area contributed by atoms with Crippen LogP contribution < -0.4 is 27.4 Å². The summed E-state index contributed by atoms with van der Waals surface area (Å²) < 4.78 is 24.7. The van der Waals surface area contributed by atoms with Crippen LogP contribution in [-0.4, -0.2) is 65.4 Å². The van der Waals surface area contributed by atoms with Crippen molar-refractivity contribution in [2.24, 2.45) is 11.5 Å². The van der Waals surface area contributed by atoms with Gasteiger partial charge in [0.2, 0.25) is 0 Å². The Balaban J connectivity index is -0.000000853. The maximum absolute atomic E-state index is 12.3. The average Bonchev–Trinajstić information content (AvgIpc) is 2.80. The number of hydrogen-bond acceptors (Lipinski definition) is 7. The molecule has 0 saturated carbocycles. The zero-order chi connectivity index (χ0) is 24.5. The summed E-state index contributed by atoms with van der Waals surface area (Å²) >= 11 is 0. The first-order chi connectivity index (χ1) is 16.0. The molecular weight excluding hydrogens is 576 g/mol. The van der Waals surface area contributed by atoms with Crippen molar-refractivity contribution in [3.8, 4) is 0 Å². The van der Waals surface area contributed by atoms with Gasteiger partial charge in [-0.3, -0.25) is 0 Å². The van der Waals surface area contributed by atoms with E-state index in [1.807, 2.05) is 0 Å². The second-order valence-electron chi connectivity index (χ2n) is 9.33. The average molecular weight is 638 g/mol. The second-order valence-corrected chi connectivity index (χ2v) is 11.7. The molecule has 1 atom stereocenters. The zero-order valence-corrected chi connectivity index (χ0v) is 27.4. The number of unbranched alkanes of at least 4 members (excludes halogenated alkanes) is 9. The Labute approximate surface area is 254 Å². The summed E-state index contributed by atoms with van der Waals surface area (Å²) in [5.41, 5.74) is 11.5. The van der Waals surface area contributed by atoms with E-state index >= 15 is 0 Å². The van der Waals surface area contributed by atoms with Gasteiger partial charge in [-0.2, -0.15) is 0 Å². The monoisotopic (exact) mass is 635 g/mol. The quantitative estimate of drug-likeness (QED) is 0.0807. The molecule has 0 fully saturated rings. The lowest BCUT2D eigenvalue weighted by molar-refractivity contribution is 0.537. The fourth-order valence-corrected chi connectivity index (χ4v) is 5.24. The van der Waals surface area contributed by atoms with Gasteiger partial charge in [0.1, 0.15) is 5.37 Å². The molecule has 0 aromatic carbocycles. The van der Waals surface area contributed by atoms with Gasteiger partial charge in [-0.15, -0.1) is 49.6 Å². The molecule has 0 aromatic heterocycles. The van der Waals surface area contributed by atoms with E-state index in [1.54, 1.807) is 0 Å². The van der Waals surface area contributed by atoms with Gasteiger partial charge in [0, 0.05) is 0 Å². The van der Waals surface area contributed by atoms with Gasteiger partial charge < -0.3 is 27.4 Å². The van der Waals surface area contributed by atoms with E-state index in [2.05, 4.69) is 22.9 Å². The van der Waals surface area contributed by atoms with Crippen LogP contribution in [0.15, 0.2) is 0 Å². The Kier molecular flexibility index (Phi) is 47.6. The van der Waals surface area contributed by atoms with E-state index in [0.717, 1.165) is 84.3 Å². The van der Waals surface area contributed by atoms with Crippen molar-refractivity contribution in [1.82, 2.24) is 16.0 Å².